The van der Waals surface area contributed by atoms with Crippen molar-refractivity contribution in [3.8, 4) is 0 Å². The van der Waals surface area contributed by atoms with Crippen molar-refractivity contribution in [3.05, 3.63) is 83.5 Å². The summed E-state index contributed by atoms with van der Waals surface area (Å²) in [4.78, 5) is 27.0. The Morgan fingerprint density at radius 3 is 2.41 bits per heavy atom. The minimum absolute atomic E-state index is 0.0480. The van der Waals surface area contributed by atoms with Crippen molar-refractivity contribution in [2.24, 2.45) is 13.0 Å². The Labute approximate surface area is 233 Å². The zero-order valence-corrected chi connectivity index (χ0v) is 24.8. The van der Waals surface area contributed by atoms with Crippen LogP contribution in [0.25, 0.3) is 0 Å². The summed E-state index contributed by atoms with van der Waals surface area (Å²) in [5.41, 5.74) is 2.04. The second kappa shape index (κ2) is 17.0. The van der Waals surface area contributed by atoms with Gasteiger partial charge >= 0.3 is 0 Å². The third kappa shape index (κ3) is 8.94. The number of carbonyl (C=O) groups excluding carboxylic acids is 2. The van der Waals surface area contributed by atoms with E-state index >= 15 is 0 Å². The van der Waals surface area contributed by atoms with Gasteiger partial charge in [0.05, 0.1) is 18.8 Å². The van der Waals surface area contributed by atoms with Crippen molar-refractivity contribution in [2.45, 2.75) is 80.4 Å². The minimum Gasteiger partial charge on any atom is -0.352 e. The number of fused-ring (bicyclic) bond motifs is 1. The Morgan fingerprint density at radius 1 is 1.15 bits per heavy atom. The fraction of sp³-hybridized carbons (Fsp3) is 0.452. The highest BCUT2D eigenvalue weighted by Gasteiger charge is 2.31. The number of aromatic nitrogens is 2. The number of allylic oxidation sites excluding steroid dienone is 3. The van der Waals surface area contributed by atoms with Gasteiger partial charge in [0.15, 0.2) is 0 Å². The molecule has 7 nitrogen and oxygen atoms in total. The summed E-state index contributed by atoms with van der Waals surface area (Å²) in [6.07, 6.45) is 11.0. The summed E-state index contributed by atoms with van der Waals surface area (Å²) in [7, 11) is 1.82. The lowest BCUT2D eigenvalue weighted by atomic mass is 10.1. The molecule has 8 heteroatoms. The molecular weight excluding hydrogens is 493 g/mol. The van der Waals surface area contributed by atoms with Crippen LogP contribution >= 0.6 is 0 Å². The van der Waals surface area contributed by atoms with E-state index in [1.807, 2.05) is 79.8 Å². The molecule has 2 amide bonds. The van der Waals surface area contributed by atoms with Crippen molar-refractivity contribution in [1.29, 1.82) is 0 Å². The topological polar surface area (TPSA) is 79.3 Å². The zero-order valence-electron chi connectivity index (χ0n) is 24.8. The molecule has 214 valence electrons. The Hall–Kier alpha value is -3.68. The van der Waals surface area contributed by atoms with Crippen LogP contribution in [0.4, 0.5) is 10.2 Å². The van der Waals surface area contributed by atoms with Gasteiger partial charge in [-0.25, -0.2) is 4.39 Å². The number of nitrogens with zero attached hydrogens (tertiary/aromatic N) is 3. The summed E-state index contributed by atoms with van der Waals surface area (Å²) < 4.78 is 16.5. The van der Waals surface area contributed by atoms with E-state index in [-0.39, 0.29) is 29.8 Å². The van der Waals surface area contributed by atoms with Crippen molar-refractivity contribution in [3.63, 3.8) is 0 Å². The Morgan fingerprint density at radius 2 is 1.82 bits per heavy atom. The van der Waals surface area contributed by atoms with Gasteiger partial charge in [0.2, 0.25) is 5.91 Å². The molecular formula is C31H46FN5O2. The molecule has 0 radical (unpaired) electrons. The number of aryl methyl sites for hydroxylation is 1. The molecule has 1 aliphatic heterocycles. The van der Waals surface area contributed by atoms with E-state index in [9.17, 15) is 14.0 Å². The SMILES string of the molecule is C=C1Nc2c(cnn2C)CN(C(=O)c2ccc(CNC(=O)C3CC3)c(F)c2)C1C=C/C=C/C.CC.CC.CC. The van der Waals surface area contributed by atoms with E-state index in [1.165, 1.54) is 6.07 Å². The van der Waals surface area contributed by atoms with E-state index in [1.54, 1.807) is 27.9 Å². The van der Waals surface area contributed by atoms with Crippen LogP contribution in [0, 0.1) is 11.7 Å². The predicted octanol–water partition coefficient (Wildman–Crippen LogP) is 6.75. The zero-order chi connectivity index (χ0) is 29.5. The number of benzene rings is 1. The lowest BCUT2D eigenvalue weighted by molar-refractivity contribution is -0.122. The maximum Gasteiger partial charge on any atom is 0.255 e. The summed E-state index contributed by atoms with van der Waals surface area (Å²) >= 11 is 0. The Bertz CT molecular complexity index is 1150. The van der Waals surface area contributed by atoms with Gasteiger partial charge in [-0.2, -0.15) is 5.10 Å². The fourth-order valence-electron chi connectivity index (χ4n) is 3.82. The highest BCUT2D eigenvalue weighted by Crippen LogP contribution is 2.30. The van der Waals surface area contributed by atoms with E-state index in [4.69, 9.17) is 0 Å². The molecule has 4 rings (SSSR count). The molecule has 1 aromatic carbocycles. The van der Waals surface area contributed by atoms with Crippen molar-refractivity contribution < 1.29 is 14.0 Å². The molecule has 39 heavy (non-hydrogen) atoms. The fourth-order valence-corrected chi connectivity index (χ4v) is 3.82. The summed E-state index contributed by atoms with van der Waals surface area (Å²) in [6, 6.07) is 3.95. The monoisotopic (exact) mass is 539 g/mol. The van der Waals surface area contributed by atoms with Gasteiger partial charge in [-0.15, -0.1) is 0 Å². The smallest absolute Gasteiger partial charge is 0.255 e. The first-order chi connectivity index (χ1) is 18.9. The van der Waals surface area contributed by atoms with Crippen LogP contribution < -0.4 is 10.6 Å². The third-order valence-electron chi connectivity index (χ3n) is 5.89. The maximum absolute atomic E-state index is 14.8. The highest BCUT2D eigenvalue weighted by atomic mass is 19.1. The molecule has 1 aromatic heterocycles. The first-order valence-corrected chi connectivity index (χ1v) is 14.0. The van der Waals surface area contributed by atoms with Crippen LogP contribution in [-0.4, -0.2) is 32.5 Å². The Kier molecular flexibility index (Phi) is 14.6. The largest absolute Gasteiger partial charge is 0.352 e. The number of nitrogens with one attached hydrogen (secondary N) is 2. The molecule has 0 saturated heterocycles. The van der Waals surface area contributed by atoms with E-state index in [0.29, 0.717) is 17.8 Å². The van der Waals surface area contributed by atoms with Gasteiger partial charge in [-0.05, 0) is 31.9 Å². The minimum atomic E-state index is -0.521. The molecule has 0 bridgehead atoms. The van der Waals surface area contributed by atoms with Crippen LogP contribution in [-0.2, 0) is 24.9 Å². The molecule has 2 aliphatic rings. The number of rotatable bonds is 6. The molecule has 1 saturated carbocycles. The van der Waals surface area contributed by atoms with Crippen molar-refractivity contribution in [2.75, 3.05) is 5.32 Å². The number of hydrogen-bond donors (Lipinski definition) is 2. The first-order valence-electron chi connectivity index (χ1n) is 14.0. The van der Waals surface area contributed by atoms with E-state index in [2.05, 4.69) is 22.3 Å². The van der Waals surface area contributed by atoms with Crippen LogP contribution in [0.15, 0.2) is 61.0 Å². The third-order valence-corrected chi connectivity index (χ3v) is 5.89. The predicted molar refractivity (Wildman–Crippen MR) is 159 cm³/mol. The van der Waals surface area contributed by atoms with Crippen LogP contribution in [0.2, 0.25) is 0 Å². The van der Waals surface area contributed by atoms with Crippen molar-refractivity contribution in [1.82, 2.24) is 20.0 Å². The van der Waals surface area contributed by atoms with E-state index < -0.39 is 11.9 Å². The van der Waals surface area contributed by atoms with Gasteiger partial charge in [-0.1, -0.05) is 78.5 Å². The summed E-state index contributed by atoms with van der Waals surface area (Å²) in [6.45, 7) is 18.4. The molecule has 2 aromatic rings. The average molecular weight is 540 g/mol. The van der Waals surface area contributed by atoms with Gasteiger partial charge in [0.1, 0.15) is 11.6 Å². The van der Waals surface area contributed by atoms with Crippen LogP contribution in [0.1, 0.15) is 82.8 Å². The molecule has 0 spiro atoms. The number of hydrogen-bond acceptors (Lipinski definition) is 4. The first kappa shape index (κ1) is 33.3. The van der Waals surface area contributed by atoms with Crippen LogP contribution in [0.3, 0.4) is 0 Å². The van der Waals surface area contributed by atoms with Gasteiger partial charge < -0.3 is 15.5 Å². The maximum atomic E-state index is 14.8. The van der Waals surface area contributed by atoms with Gasteiger partial charge in [0, 0.05) is 41.9 Å². The van der Waals surface area contributed by atoms with Gasteiger partial charge in [0.25, 0.3) is 5.91 Å². The average Bonchev–Trinajstić information content (AvgIpc) is 3.78. The lowest BCUT2D eigenvalue weighted by Gasteiger charge is -2.29. The number of halogens is 1. The normalized spacial score (nSPS) is 16.0. The highest BCUT2D eigenvalue weighted by molar-refractivity contribution is 5.95. The lowest BCUT2D eigenvalue weighted by Crippen LogP contribution is -2.39. The Balaban J connectivity index is 0.00000119. The standard InChI is InChI=1S/C25H28FN5O2.3C2H6/c1-4-5-6-7-22-16(2)29-23-20(14-28-30(23)3)15-31(22)25(33)18-10-11-19(21(26)12-18)13-27-24(32)17-8-9-17;3*1-2/h4-7,10-12,14,17,22,29H,2,8-9,13,15H2,1,3H3,(H,27,32);3*1-2H3/b5-4+,7-6?;;;. The number of carbonyl (C=O) groups is 2. The molecule has 1 fully saturated rings. The second-order valence-corrected chi connectivity index (χ2v) is 8.38. The molecule has 2 N–H and O–H groups in total. The van der Waals surface area contributed by atoms with E-state index in [0.717, 1.165) is 24.2 Å². The summed E-state index contributed by atoms with van der Waals surface area (Å²) in [5.74, 6) is -0.0616. The molecule has 2 heterocycles. The molecule has 1 atom stereocenters. The molecule has 1 unspecified atom stereocenters. The summed E-state index contributed by atoms with van der Waals surface area (Å²) in [5, 5.41) is 10.3. The number of amides is 2. The second-order valence-electron chi connectivity index (χ2n) is 8.38. The van der Waals surface area contributed by atoms with Gasteiger partial charge in [-0.3, -0.25) is 14.3 Å². The van der Waals surface area contributed by atoms with Crippen molar-refractivity contribution >= 4 is 17.6 Å². The molecule has 1 aliphatic carbocycles. The van der Waals surface area contributed by atoms with Crippen LogP contribution in [0.5, 0.6) is 0 Å². The number of anilines is 1. The quantitative estimate of drug-likeness (QED) is 0.398.